The summed E-state index contributed by atoms with van der Waals surface area (Å²) in [5.41, 5.74) is 2.13. The molecule has 138 valence electrons. The number of likely N-dealkylation sites (tertiary alicyclic amines) is 1. The number of aryl methyl sites for hydroxylation is 1. The zero-order valence-electron chi connectivity index (χ0n) is 14.5. The van der Waals surface area contributed by atoms with Crippen molar-refractivity contribution in [2.24, 2.45) is 5.92 Å². The molecule has 2 heterocycles. The summed E-state index contributed by atoms with van der Waals surface area (Å²) in [6.07, 6.45) is -2.26. The summed E-state index contributed by atoms with van der Waals surface area (Å²) in [5, 5.41) is 3.40. The van der Waals surface area contributed by atoms with E-state index in [1.165, 1.54) is 4.90 Å². The second-order valence-electron chi connectivity index (χ2n) is 6.80. The van der Waals surface area contributed by atoms with E-state index in [-0.39, 0.29) is 5.92 Å². The Kier molecular flexibility index (Phi) is 5.64. The summed E-state index contributed by atoms with van der Waals surface area (Å²) < 4.78 is 39.6. The van der Waals surface area contributed by atoms with Crippen LogP contribution in [0.25, 0.3) is 11.0 Å². The number of nitrogens with one attached hydrogen (secondary N) is 1. The highest BCUT2D eigenvalue weighted by molar-refractivity contribution is 5.75. The van der Waals surface area contributed by atoms with Gasteiger partial charge in [-0.15, -0.1) is 0 Å². The molecule has 0 unspecified atom stereocenters. The second-order valence-corrected chi connectivity index (χ2v) is 6.80. The van der Waals surface area contributed by atoms with E-state index in [9.17, 15) is 13.2 Å². The van der Waals surface area contributed by atoms with Crippen molar-refractivity contribution < 1.29 is 13.2 Å². The Morgan fingerprint density at radius 2 is 2.08 bits per heavy atom. The van der Waals surface area contributed by atoms with Gasteiger partial charge in [-0.25, -0.2) is 4.98 Å². The number of hydrogen-bond donors (Lipinski definition) is 1. The van der Waals surface area contributed by atoms with Crippen LogP contribution < -0.4 is 5.32 Å². The molecule has 1 aliphatic rings. The van der Waals surface area contributed by atoms with E-state index in [0.29, 0.717) is 19.6 Å². The molecule has 7 heteroatoms. The molecular formula is C18H25F3N4. The summed E-state index contributed by atoms with van der Waals surface area (Å²) in [6.45, 7) is 4.67. The van der Waals surface area contributed by atoms with E-state index in [0.717, 1.165) is 42.8 Å². The standard InChI is InChI=1S/C18H25F3N4/c1-2-8-25-16-6-4-3-5-15(16)23-17(25)11-22-10-14-7-9-24(12-14)13-18(19,20)21/h3-6,14,22H,2,7-13H2,1H3/t14-/m0/s1. The predicted octanol–water partition coefficient (Wildman–Crippen LogP) is 3.42. The largest absolute Gasteiger partial charge is 0.401 e. The maximum atomic E-state index is 12.5. The van der Waals surface area contributed by atoms with Gasteiger partial charge in [-0.3, -0.25) is 4.90 Å². The van der Waals surface area contributed by atoms with Gasteiger partial charge in [-0.2, -0.15) is 13.2 Å². The van der Waals surface area contributed by atoms with Crippen LogP contribution >= 0.6 is 0 Å². The van der Waals surface area contributed by atoms with Gasteiger partial charge in [0.15, 0.2) is 0 Å². The molecule has 0 aliphatic carbocycles. The Hall–Kier alpha value is -1.60. The van der Waals surface area contributed by atoms with Gasteiger partial charge in [0.2, 0.25) is 0 Å². The molecule has 1 aromatic carbocycles. The highest BCUT2D eigenvalue weighted by Crippen LogP contribution is 2.22. The minimum Gasteiger partial charge on any atom is -0.327 e. The number of imidazole rings is 1. The number of para-hydroxylation sites is 2. The van der Waals surface area contributed by atoms with Crippen LogP contribution in [-0.2, 0) is 13.1 Å². The fourth-order valence-electron chi connectivity index (χ4n) is 3.60. The summed E-state index contributed by atoms with van der Waals surface area (Å²) in [4.78, 5) is 6.20. The maximum Gasteiger partial charge on any atom is 0.401 e. The molecule has 2 aromatic rings. The molecule has 1 N–H and O–H groups in total. The van der Waals surface area contributed by atoms with Crippen LogP contribution in [0.3, 0.4) is 0 Å². The molecule has 0 amide bonds. The van der Waals surface area contributed by atoms with Gasteiger partial charge in [0.1, 0.15) is 5.82 Å². The topological polar surface area (TPSA) is 33.1 Å². The van der Waals surface area contributed by atoms with Gasteiger partial charge < -0.3 is 9.88 Å². The van der Waals surface area contributed by atoms with Crippen LogP contribution in [0.2, 0.25) is 0 Å². The van der Waals surface area contributed by atoms with E-state index in [4.69, 9.17) is 4.98 Å². The van der Waals surface area contributed by atoms with E-state index in [1.54, 1.807) is 0 Å². The maximum absolute atomic E-state index is 12.5. The fraction of sp³-hybridized carbons (Fsp3) is 0.611. The lowest BCUT2D eigenvalue weighted by molar-refractivity contribution is -0.143. The highest BCUT2D eigenvalue weighted by atomic mass is 19.4. The zero-order valence-corrected chi connectivity index (χ0v) is 14.5. The van der Waals surface area contributed by atoms with Gasteiger partial charge >= 0.3 is 6.18 Å². The smallest absolute Gasteiger partial charge is 0.327 e. The molecule has 0 spiro atoms. The summed E-state index contributed by atoms with van der Waals surface area (Å²) in [6, 6.07) is 8.09. The van der Waals surface area contributed by atoms with Crippen LogP contribution in [0, 0.1) is 5.92 Å². The molecule has 1 atom stereocenters. The van der Waals surface area contributed by atoms with Crippen LogP contribution in [0.4, 0.5) is 13.2 Å². The Morgan fingerprint density at radius 3 is 2.84 bits per heavy atom. The first-order valence-electron chi connectivity index (χ1n) is 8.90. The lowest BCUT2D eigenvalue weighted by Crippen LogP contribution is -2.33. The Balaban J connectivity index is 1.54. The van der Waals surface area contributed by atoms with Crippen molar-refractivity contribution in [3.63, 3.8) is 0 Å². The SMILES string of the molecule is CCCn1c(CNC[C@@H]2CCN(CC(F)(F)F)C2)nc2ccccc21. The molecule has 1 aliphatic heterocycles. The molecule has 25 heavy (non-hydrogen) atoms. The van der Waals surface area contributed by atoms with E-state index in [2.05, 4.69) is 22.9 Å². The van der Waals surface area contributed by atoms with Crippen molar-refractivity contribution in [1.82, 2.24) is 19.8 Å². The van der Waals surface area contributed by atoms with Crippen LogP contribution in [0.5, 0.6) is 0 Å². The van der Waals surface area contributed by atoms with Crippen molar-refractivity contribution in [2.75, 3.05) is 26.2 Å². The van der Waals surface area contributed by atoms with Crippen LogP contribution in [0.1, 0.15) is 25.6 Å². The third kappa shape index (κ3) is 4.73. The first-order chi connectivity index (χ1) is 12.0. The Labute approximate surface area is 146 Å². The molecule has 0 saturated carbocycles. The van der Waals surface area contributed by atoms with Gasteiger partial charge in [-0.1, -0.05) is 19.1 Å². The van der Waals surface area contributed by atoms with E-state index >= 15 is 0 Å². The lowest BCUT2D eigenvalue weighted by Gasteiger charge is -2.18. The molecule has 1 fully saturated rings. The average molecular weight is 354 g/mol. The second kappa shape index (κ2) is 7.74. The van der Waals surface area contributed by atoms with Crippen molar-refractivity contribution in [3.05, 3.63) is 30.1 Å². The monoisotopic (exact) mass is 354 g/mol. The number of benzene rings is 1. The molecule has 1 aromatic heterocycles. The molecule has 0 bridgehead atoms. The number of hydrogen-bond acceptors (Lipinski definition) is 3. The number of aromatic nitrogens is 2. The highest BCUT2D eigenvalue weighted by Gasteiger charge is 2.34. The molecule has 4 nitrogen and oxygen atoms in total. The molecular weight excluding hydrogens is 329 g/mol. The van der Waals surface area contributed by atoms with Crippen molar-refractivity contribution in [2.45, 2.75) is 39.0 Å². The predicted molar refractivity (Wildman–Crippen MR) is 92.3 cm³/mol. The third-order valence-corrected chi connectivity index (χ3v) is 4.67. The summed E-state index contributed by atoms with van der Waals surface area (Å²) in [5.74, 6) is 1.26. The zero-order chi connectivity index (χ0) is 17.9. The van der Waals surface area contributed by atoms with E-state index < -0.39 is 12.7 Å². The van der Waals surface area contributed by atoms with Crippen LogP contribution in [0.15, 0.2) is 24.3 Å². The first kappa shape index (κ1) is 18.2. The average Bonchev–Trinajstić information content (AvgIpc) is 3.11. The Bertz CT molecular complexity index is 695. The van der Waals surface area contributed by atoms with Gasteiger partial charge in [-0.05, 0) is 44.0 Å². The first-order valence-corrected chi connectivity index (χ1v) is 8.90. The van der Waals surface area contributed by atoms with Gasteiger partial charge in [0.05, 0.1) is 24.1 Å². The quantitative estimate of drug-likeness (QED) is 0.827. The van der Waals surface area contributed by atoms with Crippen molar-refractivity contribution in [3.8, 4) is 0 Å². The lowest BCUT2D eigenvalue weighted by atomic mass is 10.1. The Morgan fingerprint density at radius 1 is 1.28 bits per heavy atom. The number of halogens is 3. The van der Waals surface area contributed by atoms with Gasteiger partial charge in [0.25, 0.3) is 0 Å². The minimum atomic E-state index is -4.10. The van der Waals surface area contributed by atoms with Gasteiger partial charge in [0, 0.05) is 13.1 Å². The summed E-state index contributed by atoms with van der Waals surface area (Å²) >= 11 is 0. The molecule has 0 radical (unpaired) electrons. The normalized spacial score (nSPS) is 19.1. The fourth-order valence-corrected chi connectivity index (χ4v) is 3.60. The minimum absolute atomic E-state index is 0.270. The van der Waals surface area contributed by atoms with Crippen molar-refractivity contribution in [1.29, 1.82) is 0 Å². The third-order valence-electron chi connectivity index (χ3n) is 4.67. The molecule has 3 rings (SSSR count). The molecule has 1 saturated heterocycles. The number of nitrogens with zero attached hydrogens (tertiary/aromatic N) is 3. The van der Waals surface area contributed by atoms with Crippen LogP contribution in [-0.4, -0.2) is 46.8 Å². The number of fused-ring (bicyclic) bond motifs is 1. The summed E-state index contributed by atoms with van der Waals surface area (Å²) in [7, 11) is 0. The number of rotatable bonds is 7. The van der Waals surface area contributed by atoms with E-state index in [1.807, 2.05) is 18.2 Å². The van der Waals surface area contributed by atoms with Crippen molar-refractivity contribution >= 4 is 11.0 Å². The number of alkyl halides is 3.